The lowest BCUT2D eigenvalue weighted by molar-refractivity contribution is -0.126. The molecule has 26 heavy (non-hydrogen) atoms. The molecule has 3 unspecified atom stereocenters. The van der Waals surface area contributed by atoms with Gasteiger partial charge < -0.3 is 19.3 Å². The highest BCUT2D eigenvalue weighted by molar-refractivity contribution is 4.85. The molecule has 1 N–H and O–H groups in total. The number of hydrogen-bond donors (Lipinski definition) is 1. The molecular weight excluding hydrogens is 328 g/mol. The van der Waals surface area contributed by atoms with Crippen LogP contribution in [0.4, 0.5) is 0 Å². The Morgan fingerprint density at radius 3 is 1.92 bits per heavy atom. The van der Waals surface area contributed by atoms with Crippen molar-refractivity contribution in [2.45, 2.75) is 118 Å². The van der Waals surface area contributed by atoms with Crippen LogP contribution >= 0.6 is 0 Å². The van der Waals surface area contributed by atoms with E-state index in [2.05, 4.69) is 55.4 Å². The number of rotatable bonds is 13. The molecule has 0 saturated heterocycles. The quantitative estimate of drug-likeness (QED) is 0.471. The van der Waals surface area contributed by atoms with Crippen molar-refractivity contribution in [3.05, 3.63) is 0 Å². The molecule has 0 radical (unpaired) electrons. The molecule has 158 valence electrons. The second-order valence-corrected chi connectivity index (χ2v) is 10.1. The van der Waals surface area contributed by atoms with Gasteiger partial charge in [-0.25, -0.2) is 0 Å². The maximum atomic E-state index is 10.6. The van der Waals surface area contributed by atoms with E-state index in [4.69, 9.17) is 14.2 Å². The van der Waals surface area contributed by atoms with Crippen LogP contribution in [-0.4, -0.2) is 47.8 Å². The monoisotopic (exact) mass is 374 g/mol. The van der Waals surface area contributed by atoms with Gasteiger partial charge in [0.2, 0.25) is 0 Å². The molecule has 3 atom stereocenters. The molecule has 0 spiro atoms. The maximum absolute atomic E-state index is 10.6. The molecule has 0 saturated carbocycles. The van der Waals surface area contributed by atoms with E-state index >= 15 is 0 Å². The van der Waals surface area contributed by atoms with Crippen molar-refractivity contribution in [2.75, 3.05) is 19.8 Å². The zero-order valence-corrected chi connectivity index (χ0v) is 19.2. The summed E-state index contributed by atoms with van der Waals surface area (Å²) >= 11 is 0. The predicted molar refractivity (Wildman–Crippen MR) is 110 cm³/mol. The van der Waals surface area contributed by atoms with Crippen molar-refractivity contribution in [2.24, 2.45) is 5.41 Å². The maximum Gasteiger partial charge on any atom is 0.0648 e. The van der Waals surface area contributed by atoms with Crippen LogP contribution in [0.25, 0.3) is 0 Å². The zero-order valence-electron chi connectivity index (χ0n) is 19.2. The smallest absolute Gasteiger partial charge is 0.0648 e. The van der Waals surface area contributed by atoms with Gasteiger partial charge in [-0.3, -0.25) is 0 Å². The second-order valence-electron chi connectivity index (χ2n) is 10.1. The lowest BCUT2D eigenvalue weighted by atomic mass is 9.79. The third kappa shape index (κ3) is 12.3. The Bertz CT molecular complexity index is 384. The van der Waals surface area contributed by atoms with E-state index in [9.17, 15) is 5.11 Å². The van der Waals surface area contributed by atoms with Gasteiger partial charge in [0.15, 0.2) is 0 Å². The number of ether oxygens (including phenoxy) is 3. The Hall–Kier alpha value is -0.160. The first-order valence-electron chi connectivity index (χ1n) is 10.3. The van der Waals surface area contributed by atoms with Crippen molar-refractivity contribution in [3.8, 4) is 0 Å². The van der Waals surface area contributed by atoms with E-state index in [1.807, 2.05) is 13.8 Å². The van der Waals surface area contributed by atoms with Crippen LogP contribution < -0.4 is 0 Å². The number of hydrogen-bond acceptors (Lipinski definition) is 4. The minimum Gasteiger partial charge on any atom is -0.390 e. The van der Waals surface area contributed by atoms with E-state index in [1.54, 1.807) is 0 Å². The van der Waals surface area contributed by atoms with E-state index < -0.39 is 5.60 Å². The molecule has 4 heteroatoms. The molecule has 0 rings (SSSR count). The summed E-state index contributed by atoms with van der Waals surface area (Å²) in [4.78, 5) is 0. The minimum atomic E-state index is -0.712. The second kappa shape index (κ2) is 10.4. The molecule has 0 aromatic rings. The van der Waals surface area contributed by atoms with Crippen LogP contribution in [0, 0.1) is 5.41 Å². The van der Waals surface area contributed by atoms with Gasteiger partial charge in [-0.15, -0.1) is 0 Å². The fourth-order valence-corrected chi connectivity index (χ4v) is 2.69. The van der Waals surface area contributed by atoms with E-state index in [1.165, 1.54) is 0 Å². The molecule has 0 amide bonds. The first kappa shape index (κ1) is 25.8. The summed E-state index contributed by atoms with van der Waals surface area (Å²) in [6.45, 7) is 22.5. The molecule has 0 aliphatic carbocycles. The van der Waals surface area contributed by atoms with Crippen molar-refractivity contribution in [3.63, 3.8) is 0 Å². The summed E-state index contributed by atoms with van der Waals surface area (Å²) < 4.78 is 18.2. The topological polar surface area (TPSA) is 47.9 Å². The summed E-state index contributed by atoms with van der Waals surface area (Å²) in [7, 11) is 0. The highest BCUT2D eigenvalue weighted by atomic mass is 16.5. The molecule has 0 bridgehead atoms. The van der Waals surface area contributed by atoms with Gasteiger partial charge in [0, 0.05) is 12.0 Å². The summed E-state index contributed by atoms with van der Waals surface area (Å²) in [6, 6.07) is 0. The van der Waals surface area contributed by atoms with Gasteiger partial charge in [0.1, 0.15) is 0 Å². The minimum absolute atomic E-state index is 0.130. The zero-order chi connectivity index (χ0) is 20.6. The van der Waals surface area contributed by atoms with Gasteiger partial charge in [-0.1, -0.05) is 20.8 Å². The summed E-state index contributed by atoms with van der Waals surface area (Å²) in [6.07, 6.45) is 3.40. The molecule has 0 aromatic carbocycles. The summed E-state index contributed by atoms with van der Waals surface area (Å²) in [5.41, 5.74) is -1.35. The van der Waals surface area contributed by atoms with Crippen LogP contribution in [0.15, 0.2) is 0 Å². The van der Waals surface area contributed by atoms with Crippen LogP contribution in [0.1, 0.15) is 94.9 Å². The Morgan fingerprint density at radius 2 is 1.46 bits per heavy atom. The standard InChI is InChI=1S/C22H46O4/c1-11-18(3)24-16-21(9,15-22(10,23)12-2)17-26-20(7,8)13-14-25-19(4,5)6/h18,23H,11-17H2,1-10H3. The Balaban J connectivity index is 4.83. The van der Waals surface area contributed by atoms with E-state index in [-0.39, 0.29) is 22.7 Å². The molecule has 0 aromatic heterocycles. The largest absolute Gasteiger partial charge is 0.390 e. The van der Waals surface area contributed by atoms with Gasteiger partial charge >= 0.3 is 0 Å². The fraction of sp³-hybridized carbons (Fsp3) is 1.00. The third-order valence-electron chi connectivity index (χ3n) is 4.91. The number of aliphatic hydroxyl groups is 1. The van der Waals surface area contributed by atoms with Crippen molar-refractivity contribution < 1.29 is 19.3 Å². The molecule has 0 heterocycles. The highest BCUT2D eigenvalue weighted by Crippen LogP contribution is 2.33. The lowest BCUT2D eigenvalue weighted by Crippen LogP contribution is -2.42. The Morgan fingerprint density at radius 1 is 0.885 bits per heavy atom. The SMILES string of the molecule is CCC(C)OCC(C)(COC(C)(C)CCOC(C)(C)C)CC(C)(O)CC. The van der Waals surface area contributed by atoms with Gasteiger partial charge in [-0.2, -0.15) is 0 Å². The van der Waals surface area contributed by atoms with Crippen LogP contribution in [-0.2, 0) is 14.2 Å². The normalized spacial score (nSPS) is 19.0. The molecule has 0 aliphatic heterocycles. The van der Waals surface area contributed by atoms with Crippen LogP contribution in [0.3, 0.4) is 0 Å². The first-order valence-corrected chi connectivity index (χ1v) is 10.3. The van der Waals surface area contributed by atoms with Crippen molar-refractivity contribution >= 4 is 0 Å². The molecular formula is C22H46O4. The van der Waals surface area contributed by atoms with Crippen LogP contribution in [0.2, 0.25) is 0 Å². The summed E-state index contributed by atoms with van der Waals surface area (Å²) in [5, 5.41) is 10.6. The predicted octanol–water partition coefficient (Wildman–Crippen LogP) is 5.36. The first-order chi connectivity index (χ1) is 11.6. The van der Waals surface area contributed by atoms with E-state index in [0.717, 1.165) is 19.3 Å². The van der Waals surface area contributed by atoms with Gasteiger partial charge in [-0.05, 0) is 74.1 Å². The van der Waals surface area contributed by atoms with Crippen molar-refractivity contribution in [1.82, 2.24) is 0 Å². The molecule has 0 fully saturated rings. The van der Waals surface area contributed by atoms with Crippen LogP contribution in [0.5, 0.6) is 0 Å². The average Bonchev–Trinajstić information content (AvgIpc) is 2.49. The van der Waals surface area contributed by atoms with Crippen molar-refractivity contribution in [1.29, 1.82) is 0 Å². The average molecular weight is 375 g/mol. The third-order valence-corrected chi connectivity index (χ3v) is 4.91. The Kier molecular flexibility index (Phi) is 10.3. The van der Waals surface area contributed by atoms with E-state index in [0.29, 0.717) is 26.2 Å². The molecule has 0 aliphatic rings. The van der Waals surface area contributed by atoms with Gasteiger partial charge in [0.25, 0.3) is 0 Å². The fourth-order valence-electron chi connectivity index (χ4n) is 2.69. The lowest BCUT2D eigenvalue weighted by Gasteiger charge is -2.39. The highest BCUT2D eigenvalue weighted by Gasteiger charge is 2.36. The molecule has 4 nitrogen and oxygen atoms in total. The Labute approximate surface area is 163 Å². The summed E-state index contributed by atoms with van der Waals surface area (Å²) in [5.74, 6) is 0. The van der Waals surface area contributed by atoms with Gasteiger partial charge in [0.05, 0.1) is 36.1 Å².